The van der Waals surface area contributed by atoms with Crippen molar-refractivity contribution in [3.05, 3.63) is 88.3 Å². The summed E-state index contributed by atoms with van der Waals surface area (Å²) in [5, 5.41) is 7.31. The largest absolute Gasteiger partial charge is 0.497 e. The van der Waals surface area contributed by atoms with Crippen molar-refractivity contribution in [2.75, 3.05) is 24.9 Å². The summed E-state index contributed by atoms with van der Waals surface area (Å²) in [7, 11) is 3.27. The van der Waals surface area contributed by atoms with Gasteiger partial charge < -0.3 is 24.5 Å². The summed E-state index contributed by atoms with van der Waals surface area (Å²) in [5.74, 6) is 2.05. The molecule has 0 aliphatic rings. The van der Waals surface area contributed by atoms with Gasteiger partial charge in [0, 0.05) is 21.7 Å². The lowest BCUT2D eigenvalue weighted by Crippen LogP contribution is -2.17. The first kappa shape index (κ1) is 23.4. The third kappa shape index (κ3) is 5.07. The highest BCUT2D eigenvalue weighted by Crippen LogP contribution is 2.42. The summed E-state index contributed by atoms with van der Waals surface area (Å²) in [6.45, 7) is 4.03. The molecule has 176 valence electrons. The van der Waals surface area contributed by atoms with Crippen molar-refractivity contribution in [3.8, 4) is 11.5 Å². The van der Waals surface area contributed by atoms with Crippen molar-refractivity contribution in [2.24, 2.45) is 0 Å². The van der Waals surface area contributed by atoms with Crippen molar-refractivity contribution in [1.29, 1.82) is 0 Å². The predicted molar refractivity (Wildman–Crippen MR) is 134 cm³/mol. The van der Waals surface area contributed by atoms with Crippen LogP contribution in [-0.2, 0) is 6.42 Å². The minimum atomic E-state index is -0.372. The standard InChI is InChI=1S/C26H27N3O4S/c1-5-18-15-20(26(34-18)29-25(30)22-9-7-13-33-22)24(28-23-10-6-8-16(2)27-23)19-14-17(31-3)11-12-21(19)32-4/h6-15,24H,5H2,1-4H3,(H,27,28)(H,29,30). The Morgan fingerprint density at radius 3 is 2.62 bits per heavy atom. The molecule has 0 radical (unpaired) electrons. The summed E-state index contributed by atoms with van der Waals surface area (Å²) < 4.78 is 16.5. The number of aryl methyl sites for hydroxylation is 2. The molecule has 4 aromatic rings. The smallest absolute Gasteiger partial charge is 0.291 e. The van der Waals surface area contributed by atoms with E-state index in [9.17, 15) is 4.79 Å². The van der Waals surface area contributed by atoms with E-state index in [1.807, 2.05) is 43.3 Å². The van der Waals surface area contributed by atoms with E-state index in [0.29, 0.717) is 17.3 Å². The minimum absolute atomic E-state index is 0.251. The first-order valence-electron chi connectivity index (χ1n) is 10.9. The fraction of sp³-hybridized carbons (Fsp3) is 0.231. The average Bonchev–Trinajstić information content (AvgIpc) is 3.53. The molecular weight excluding hydrogens is 450 g/mol. The van der Waals surface area contributed by atoms with Gasteiger partial charge in [-0.15, -0.1) is 11.3 Å². The molecule has 34 heavy (non-hydrogen) atoms. The molecule has 0 aliphatic carbocycles. The number of hydrogen-bond donors (Lipinski definition) is 2. The molecular formula is C26H27N3O4S. The molecule has 1 unspecified atom stereocenters. The van der Waals surface area contributed by atoms with Crippen molar-refractivity contribution in [1.82, 2.24) is 4.98 Å². The number of benzene rings is 1. The van der Waals surface area contributed by atoms with Gasteiger partial charge in [0.1, 0.15) is 22.3 Å². The zero-order chi connectivity index (χ0) is 24.1. The lowest BCUT2D eigenvalue weighted by Gasteiger charge is -2.23. The summed E-state index contributed by atoms with van der Waals surface area (Å²) in [6.07, 6.45) is 2.32. The molecule has 8 heteroatoms. The van der Waals surface area contributed by atoms with Crippen molar-refractivity contribution in [3.63, 3.8) is 0 Å². The van der Waals surface area contributed by atoms with Gasteiger partial charge in [0.25, 0.3) is 5.91 Å². The van der Waals surface area contributed by atoms with Crippen LogP contribution in [0.5, 0.6) is 11.5 Å². The van der Waals surface area contributed by atoms with Crippen molar-refractivity contribution < 1.29 is 18.7 Å². The number of aromatic nitrogens is 1. The Kier molecular flexibility index (Phi) is 7.18. The molecule has 0 saturated heterocycles. The highest BCUT2D eigenvalue weighted by atomic mass is 32.1. The molecule has 3 heterocycles. The zero-order valence-electron chi connectivity index (χ0n) is 19.5. The Balaban J connectivity index is 1.83. The molecule has 3 aromatic heterocycles. The number of nitrogens with zero attached hydrogens (tertiary/aromatic N) is 1. The lowest BCUT2D eigenvalue weighted by atomic mass is 9.98. The number of ether oxygens (including phenoxy) is 2. The molecule has 4 rings (SSSR count). The van der Waals surface area contributed by atoms with E-state index in [4.69, 9.17) is 13.9 Å². The molecule has 0 spiro atoms. The van der Waals surface area contributed by atoms with Crippen molar-refractivity contribution >= 4 is 28.1 Å². The number of carbonyl (C=O) groups is 1. The highest BCUT2D eigenvalue weighted by Gasteiger charge is 2.26. The molecule has 2 N–H and O–H groups in total. The van der Waals surface area contributed by atoms with Gasteiger partial charge in [0.2, 0.25) is 0 Å². The summed E-state index contributed by atoms with van der Waals surface area (Å²) in [4.78, 5) is 18.6. The van der Waals surface area contributed by atoms with Crippen LogP contribution in [0.15, 0.2) is 65.3 Å². The SMILES string of the molecule is CCc1cc(C(Nc2cccc(C)n2)c2cc(OC)ccc2OC)c(NC(=O)c2ccco2)s1. The van der Waals surface area contributed by atoms with E-state index in [-0.39, 0.29) is 17.7 Å². The number of methoxy groups -OCH3 is 2. The molecule has 0 bridgehead atoms. The van der Waals surface area contributed by atoms with Gasteiger partial charge in [0.05, 0.1) is 26.5 Å². The van der Waals surface area contributed by atoms with E-state index in [1.54, 1.807) is 26.4 Å². The fourth-order valence-corrected chi connectivity index (χ4v) is 4.71. The minimum Gasteiger partial charge on any atom is -0.497 e. The second-order valence-corrected chi connectivity index (χ2v) is 8.77. The van der Waals surface area contributed by atoms with Crippen LogP contribution in [0.1, 0.15) is 45.2 Å². The third-order valence-electron chi connectivity index (χ3n) is 5.37. The van der Waals surface area contributed by atoms with E-state index in [0.717, 1.165) is 33.1 Å². The van der Waals surface area contributed by atoms with Crippen LogP contribution >= 0.6 is 11.3 Å². The number of thiophene rings is 1. The van der Waals surface area contributed by atoms with Gasteiger partial charge in [0.15, 0.2) is 5.76 Å². The van der Waals surface area contributed by atoms with E-state index in [1.165, 1.54) is 17.6 Å². The predicted octanol–water partition coefficient (Wildman–Crippen LogP) is 6.08. The second-order valence-electron chi connectivity index (χ2n) is 7.63. The zero-order valence-corrected chi connectivity index (χ0v) is 20.4. The summed E-state index contributed by atoms with van der Waals surface area (Å²) >= 11 is 1.54. The van der Waals surface area contributed by atoms with Gasteiger partial charge in [-0.1, -0.05) is 13.0 Å². The maximum Gasteiger partial charge on any atom is 0.291 e. The quantitative estimate of drug-likeness (QED) is 0.304. The van der Waals surface area contributed by atoms with Gasteiger partial charge in [-0.25, -0.2) is 4.98 Å². The van der Waals surface area contributed by atoms with Crippen LogP contribution in [0.25, 0.3) is 0 Å². The monoisotopic (exact) mass is 477 g/mol. The maximum absolute atomic E-state index is 12.8. The van der Waals surface area contributed by atoms with Crippen LogP contribution in [0.3, 0.4) is 0 Å². The first-order valence-corrected chi connectivity index (χ1v) is 11.7. The van der Waals surface area contributed by atoms with Crippen LogP contribution in [0, 0.1) is 6.92 Å². The van der Waals surface area contributed by atoms with E-state index in [2.05, 4.69) is 28.6 Å². The van der Waals surface area contributed by atoms with Crippen molar-refractivity contribution in [2.45, 2.75) is 26.3 Å². The van der Waals surface area contributed by atoms with Gasteiger partial charge in [-0.05, 0) is 61.9 Å². The van der Waals surface area contributed by atoms with E-state index < -0.39 is 0 Å². The summed E-state index contributed by atoms with van der Waals surface area (Å²) in [5.41, 5.74) is 2.66. The number of anilines is 2. The lowest BCUT2D eigenvalue weighted by molar-refractivity contribution is 0.0997. The van der Waals surface area contributed by atoms with Gasteiger partial charge >= 0.3 is 0 Å². The Labute approximate surface area is 202 Å². The number of pyridine rings is 1. The van der Waals surface area contributed by atoms with Crippen LogP contribution < -0.4 is 20.1 Å². The first-order chi connectivity index (χ1) is 16.5. The molecule has 1 aromatic carbocycles. The average molecular weight is 478 g/mol. The van der Waals surface area contributed by atoms with Crippen LogP contribution in [-0.4, -0.2) is 25.1 Å². The number of nitrogens with one attached hydrogen (secondary N) is 2. The summed E-state index contributed by atoms with van der Waals surface area (Å²) in [6, 6.07) is 16.6. The third-order valence-corrected chi connectivity index (χ3v) is 6.58. The number of carbonyl (C=O) groups excluding carboxylic acids is 1. The molecule has 0 fully saturated rings. The van der Waals surface area contributed by atoms with Crippen LogP contribution in [0.2, 0.25) is 0 Å². The number of hydrogen-bond acceptors (Lipinski definition) is 7. The topological polar surface area (TPSA) is 85.6 Å². The van der Waals surface area contributed by atoms with Gasteiger partial charge in [-0.3, -0.25) is 4.79 Å². The molecule has 0 saturated carbocycles. The Hall–Kier alpha value is -3.78. The molecule has 7 nitrogen and oxygen atoms in total. The number of rotatable bonds is 9. The van der Waals surface area contributed by atoms with Gasteiger partial charge in [-0.2, -0.15) is 0 Å². The molecule has 0 aliphatic heterocycles. The second kappa shape index (κ2) is 10.4. The number of amides is 1. The number of furan rings is 1. The highest BCUT2D eigenvalue weighted by molar-refractivity contribution is 7.16. The Bertz CT molecular complexity index is 1270. The Morgan fingerprint density at radius 2 is 1.94 bits per heavy atom. The molecule has 1 atom stereocenters. The molecule has 1 amide bonds. The normalized spacial score (nSPS) is 11.6. The van der Waals surface area contributed by atoms with Crippen LogP contribution in [0.4, 0.5) is 10.8 Å². The van der Waals surface area contributed by atoms with E-state index >= 15 is 0 Å². The Morgan fingerprint density at radius 1 is 1.09 bits per heavy atom. The fourth-order valence-electron chi connectivity index (χ4n) is 3.68. The maximum atomic E-state index is 12.8.